The molecule has 1 heterocycles. The molecule has 1 aliphatic rings. The number of allylic oxidation sites excluding steroid dienone is 1. The first kappa shape index (κ1) is 7.55. The SMILES string of the molecule is CCC1CSC(C)=CS1. The van der Waals surface area contributed by atoms with Crippen LogP contribution in [0.4, 0.5) is 0 Å². The molecule has 0 aromatic rings. The summed E-state index contributed by atoms with van der Waals surface area (Å²) in [6.07, 6.45) is 1.31. The van der Waals surface area contributed by atoms with Gasteiger partial charge >= 0.3 is 0 Å². The van der Waals surface area contributed by atoms with Gasteiger partial charge in [-0.1, -0.05) is 6.92 Å². The molecule has 1 aliphatic heterocycles. The van der Waals surface area contributed by atoms with Gasteiger partial charge in [0.1, 0.15) is 0 Å². The first-order chi connectivity index (χ1) is 4.33. The van der Waals surface area contributed by atoms with Gasteiger partial charge in [-0.2, -0.15) is 0 Å². The van der Waals surface area contributed by atoms with E-state index in [0.717, 1.165) is 5.25 Å². The van der Waals surface area contributed by atoms with E-state index in [0.29, 0.717) is 0 Å². The largest absolute Gasteiger partial charge is 0.129 e. The van der Waals surface area contributed by atoms with Crippen molar-refractivity contribution < 1.29 is 0 Å². The van der Waals surface area contributed by atoms with Gasteiger partial charge in [-0.3, -0.25) is 0 Å². The van der Waals surface area contributed by atoms with E-state index in [1.54, 1.807) is 0 Å². The van der Waals surface area contributed by atoms with Crippen LogP contribution in [-0.2, 0) is 0 Å². The standard InChI is InChI=1S/C7H12S2/c1-3-7-5-8-6(2)4-9-7/h4,7H,3,5H2,1-2H3. The highest BCUT2D eigenvalue weighted by molar-refractivity contribution is 8.09. The van der Waals surface area contributed by atoms with Crippen LogP contribution < -0.4 is 0 Å². The summed E-state index contributed by atoms with van der Waals surface area (Å²) in [5.41, 5.74) is 0. The van der Waals surface area contributed by atoms with Gasteiger partial charge in [-0.25, -0.2) is 0 Å². The minimum Gasteiger partial charge on any atom is -0.129 e. The van der Waals surface area contributed by atoms with Crippen molar-refractivity contribution in [2.45, 2.75) is 25.5 Å². The molecule has 1 rings (SSSR count). The van der Waals surface area contributed by atoms with Gasteiger partial charge in [-0.15, -0.1) is 23.5 Å². The monoisotopic (exact) mass is 160 g/mol. The fourth-order valence-corrected chi connectivity index (χ4v) is 2.92. The lowest BCUT2D eigenvalue weighted by atomic mass is 10.4. The molecule has 9 heavy (non-hydrogen) atoms. The van der Waals surface area contributed by atoms with Crippen molar-refractivity contribution in [3.05, 3.63) is 10.3 Å². The van der Waals surface area contributed by atoms with E-state index in [1.807, 2.05) is 23.5 Å². The third-order valence-electron chi connectivity index (χ3n) is 1.38. The molecule has 0 bridgehead atoms. The molecule has 1 unspecified atom stereocenters. The molecule has 0 saturated heterocycles. The fourth-order valence-electron chi connectivity index (χ4n) is 0.704. The zero-order valence-electron chi connectivity index (χ0n) is 5.89. The van der Waals surface area contributed by atoms with Gasteiger partial charge in [0.25, 0.3) is 0 Å². The van der Waals surface area contributed by atoms with Gasteiger partial charge in [0.2, 0.25) is 0 Å². The van der Waals surface area contributed by atoms with Gasteiger partial charge in [-0.05, 0) is 23.7 Å². The lowest BCUT2D eigenvalue weighted by molar-refractivity contribution is 0.919. The summed E-state index contributed by atoms with van der Waals surface area (Å²) in [4.78, 5) is 1.48. The van der Waals surface area contributed by atoms with Crippen LogP contribution in [0.2, 0.25) is 0 Å². The van der Waals surface area contributed by atoms with Crippen molar-refractivity contribution in [3.63, 3.8) is 0 Å². The summed E-state index contributed by atoms with van der Waals surface area (Å²) in [5, 5.41) is 3.15. The number of rotatable bonds is 1. The van der Waals surface area contributed by atoms with Crippen molar-refractivity contribution in [1.29, 1.82) is 0 Å². The minimum absolute atomic E-state index is 0.874. The van der Waals surface area contributed by atoms with E-state index in [4.69, 9.17) is 0 Å². The van der Waals surface area contributed by atoms with Crippen molar-refractivity contribution in [3.8, 4) is 0 Å². The summed E-state index contributed by atoms with van der Waals surface area (Å²) in [6, 6.07) is 0. The molecule has 0 N–H and O–H groups in total. The van der Waals surface area contributed by atoms with Gasteiger partial charge in [0, 0.05) is 11.0 Å². The van der Waals surface area contributed by atoms with Crippen LogP contribution in [0.15, 0.2) is 10.3 Å². The van der Waals surface area contributed by atoms with Crippen LogP contribution in [0, 0.1) is 0 Å². The molecule has 0 radical (unpaired) electrons. The molecule has 0 aromatic heterocycles. The second kappa shape index (κ2) is 3.57. The molecule has 0 aromatic carbocycles. The van der Waals surface area contributed by atoms with Crippen molar-refractivity contribution in [1.82, 2.24) is 0 Å². The predicted octanol–water partition coefficient (Wildman–Crippen LogP) is 3.11. The number of thioether (sulfide) groups is 2. The molecule has 2 heteroatoms. The van der Waals surface area contributed by atoms with Crippen molar-refractivity contribution in [2.24, 2.45) is 0 Å². The van der Waals surface area contributed by atoms with E-state index in [1.165, 1.54) is 17.1 Å². The second-order valence-corrected chi connectivity index (χ2v) is 4.65. The highest BCUT2D eigenvalue weighted by Crippen LogP contribution is 2.32. The number of hydrogen-bond acceptors (Lipinski definition) is 2. The van der Waals surface area contributed by atoms with E-state index < -0.39 is 0 Å². The Balaban J connectivity index is 2.36. The van der Waals surface area contributed by atoms with Crippen molar-refractivity contribution >= 4 is 23.5 Å². The van der Waals surface area contributed by atoms with Crippen LogP contribution >= 0.6 is 23.5 Å². The quantitative estimate of drug-likeness (QED) is 0.578. The zero-order chi connectivity index (χ0) is 6.69. The Morgan fingerprint density at radius 3 is 3.00 bits per heavy atom. The van der Waals surface area contributed by atoms with Gasteiger partial charge in [0.15, 0.2) is 0 Å². The van der Waals surface area contributed by atoms with Crippen molar-refractivity contribution in [2.75, 3.05) is 5.75 Å². The van der Waals surface area contributed by atoms with Gasteiger partial charge in [0.05, 0.1) is 0 Å². The molecule has 0 fully saturated rings. The van der Waals surface area contributed by atoms with Crippen LogP contribution in [0.25, 0.3) is 0 Å². The molecule has 0 aliphatic carbocycles. The fraction of sp³-hybridized carbons (Fsp3) is 0.714. The van der Waals surface area contributed by atoms with E-state index >= 15 is 0 Å². The average molecular weight is 160 g/mol. The zero-order valence-corrected chi connectivity index (χ0v) is 7.52. The Morgan fingerprint density at radius 1 is 1.78 bits per heavy atom. The Labute approximate surface area is 65.5 Å². The molecular weight excluding hydrogens is 148 g/mol. The third-order valence-corrected chi connectivity index (χ3v) is 4.26. The summed E-state index contributed by atoms with van der Waals surface area (Å²) in [7, 11) is 0. The maximum absolute atomic E-state index is 2.28. The first-order valence-corrected chi connectivity index (χ1v) is 5.20. The summed E-state index contributed by atoms with van der Waals surface area (Å²) in [5.74, 6) is 1.31. The summed E-state index contributed by atoms with van der Waals surface area (Å²) in [6.45, 7) is 4.44. The Kier molecular flexibility index (Phi) is 2.99. The predicted molar refractivity (Wildman–Crippen MR) is 47.9 cm³/mol. The molecule has 52 valence electrons. The third kappa shape index (κ3) is 2.26. The minimum atomic E-state index is 0.874. The Morgan fingerprint density at radius 2 is 2.56 bits per heavy atom. The van der Waals surface area contributed by atoms with E-state index in [-0.39, 0.29) is 0 Å². The topological polar surface area (TPSA) is 0 Å². The summed E-state index contributed by atoms with van der Waals surface area (Å²) >= 11 is 3.98. The Hall–Kier alpha value is 0.440. The molecule has 0 nitrogen and oxygen atoms in total. The smallest absolute Gasteiger partial charge is 0.0180 e. The highest BCUT2D eigenvalue weighted by atomic mass is 32.2. The molecular formula is C7H12S2. The molecule has 0 saturated carbocycles. The first-order valence-electron chi connectivity index (χ1n) is 3.28. The van der Waals surface area contributed by atoms with Crippen LogP contribution in [0.1, 0.15) is 20.3 Å². The maximum Gasteiger partial charge on any atom is 0.0180 e. The molecule has 0 amide bonds. The highest BCUT2D eigenvalue weighted by Gasteiger charge is 2.10. The maximum atomic E-state index is 2.28. The normalized spacial score (nSPS) is 27.8. The van der Waals surface area contributed by atoms with E-state index in [2.05, 4.69) is 19.3 Å². The molecule has 0 spiro atoms. The molecule has 1 atom stereocenters. The lowest BCUT2D eigenvalue weighted by Crippen LogP contribution is -2.05. The van der Waals surface area contributed by atoms with Gasteiger partial charge < -0.3 is 0 Å². The van der Waals surface area contributed by atoms with Crippen LogP contribution in [-0.4, -0.2) is 11.0 Å². The average Bonchev–Trinajstić information content (AvgIpc) is 1.90. The lowest BCUT2D eigenvalue weighted by Gasteiger charge is -2.16. The number of hydrogen-bond donors (Lipinski definition) is 0. The second-order valence-electron chi connectivity index (χ2n) is 2.21. The van der Waals surface area contributed by atoms with E-state index in [9.17, 15) is 0 Å². The van der Waals surface area contributed by atoms with Crippen LogP contribution in [0.5, 0.6) is 0 Å². The Bertz CT molecular complexity index is 118. The summed E-state index contributed by atoms with van der Waals surface area (Å²) < 4.78 is 0. The van der Waals surface area contributed by atoms with Crippen LogP contribution in [0.3, 0.4) is 0 Å².